The quantitative estimate of drug-likeness (QED) is 0.603. The maximum absolute atomic E-state index is 13.8. The van der Waals surface area contributed by atoms with Crippen LogP contribution in [0, 0.1) is 11.6 Å². The molecule has 132 valence electrons. The number of carbonyl (C=O) groups is 1. The van der Waals surface area contributed by atoms with Gasteiger partial charge in [0, 0.05) is 12.1 Å². The highest BCUT2D eigenvalue weighted by Gasteiger charge is 2.21. The number of halogens is 2. The summed E-state index contributed by atoms with van der Waals surface area (Å²) in [6, 6.07) is 8.55. The number of hydrogen-bond acceptors (Lipinski definition) is 4. The van der Waals surface area contributed by atoms with Gasteiger partial charge in [-0.1, -0.05) is 24.3 Å². The summed E-state index contributed by atoms with van der Waals surface area (Å²) in [5.74, 6) is -2.45. The first-order chi connectivity index (χ1) is 11.8. The lowest BCUT2D eigenvalue weighted by Crippen LogP contribution is -2.25. The van der Waals surface area contributed by atoms with Crippen molar-refractivity contribution in [1.29, 1.82) is 0 Å². The van der Waals surface area contributed by atoms with Gasteiger partial charge in [-0.25, -0.2) is 26.7 Å². The van der Waals surface area contributed by atoms with Gasteiger partial charge >= 0.3 is 5.97 Å². The molecule has 0 spiro atoms. The summed E-state index contributed by atoms with van der Waals surface area (Å²) in [7, 11) is -4.15. The minimum Gasteiger partial charge on any atom is -0.457 e. The predicted octanol–water partition coefficient (Wildman–Crippen LogP) is 2.79. The van der Waals surface area contributed by atoms with Crippen LogP contribution >= 0.6 is 0 Å². The Labute approximate surface area is 144 Å². The molecular formula is C17H15F2NO4S. The van der Waals surface area contributed by atoms with Crippen molar-refractivity contribution in [3.8, 4) is 0 Å². The first-order valence-corrected chi connectivity index (χ1v) is 8.64. The number of rotatable bonds is 7. The third-order valence-electron chi connectivity index (χ3n) is 3.19. The summed E-state index contributed by atoms with van der Waals surface area (Å²) >= 11 is 0. The Morgan fingerprint density at radius 2 is 1.88 bits per heavy atom. The third kappa shape index (κ3) is 4.71. The number of esters is 1. The molecule has 0 aliphatic rings. The number of hydrogen-bond donors (Lipinski definition) is 1. The van der Waals surface area contributed by atoms with E-state index in [-0.39, 0.29) is 24.3 Å². The van der Waals surface area contributed by atoms with Crippen molar-refractivity contribution in [1.82, 2.24) is 4.72 Å². The number of nitrogens with one attached hydrogen (secondary N) is 1. The van der Waals surface area contributed by atoms with Crippen molar-refractivity contribution in [3.63, 3.8) is 0 Å². The lowest BCUT2D eigenvalue weighted by atomic mass is 10.2. The Balaban J connectivity index is 2.19. The second-order valence-corrected chi connectivity index (χ2v) is 6.69. The maximum atomic E-state index is 13.8. The monoisotopic (exact) mass is 367 g/mol. The molecule has 0 aliphatic carbocycles. The molecule has 0 fully saturated rings. The molecule has 0 radical (unpaired) electrons. The van der Waals surface area contributed by atoms with Gasteiger partial charge in [-0.2, -0.15) is 0 Å². The molecule has 0 atom stereocenters. The van der Waals surface area contributed by atoms with Crippen LogP contribution < -0.4 is 4.72 Å². The summed E-state index contributed by atoms with van der Waals surface area (Å²) in [5.41, 5.74) is -0.00447. The Morgan fingerprint density at radius 3 is 2.56 bits per heavy atom. The van der Waals surface area contributed by atoms with Gasteiger partial charge in [-0.05, 0) is 24.3 Å². The van der Waals surface area contributed by atoms with E-state index in [0.29, 0.717) is 0 Å². The predicted molar refractivity (Wildman–Crippen MR) is 87.3 cm³/mol. The van der Waals surface area contributed by atoms with E-state index in [0.717, 1.165) is 18.2 Å². The number of ether oxygens (including phenoxy) is 1. The van der Waals surface area contributed by atoms with Crippen LogP contribution in [0.2, 0.25) is 0 Å². The van der Waals surface area contributed by atoms with E-state index in [1.807, 2.05) is 0 Å². The summed E-state index contributed by atoms with van der Waals surface area (Å²) < 4.78 is 58.4. The lowest BCUT2D eigenvalue weighted by Gasteiger charge is -2.09. The van der Waals surface area contributed by atoms with Crippen molar-refractivity contribution in [2.45, 2.75) is 11.5 Å². The molecule has 0 amide bonds. The van der Waals surface area contributed by atoms with E-state index >= 15 is 0 Å². The molecule has 0 heterocycles. The molecule has 1 N–H and O–H groups in total. The Kier molecular flexibility index (Phi) is 6.00. The normalized spacial score (nSPS) is 11.1. The van der Waals surface area contributed by atoms with Crippen LogP contribution in [0.25, 0.3) is 0 Å². The smallest absolute Gasteiger partial charge is 0.338 e. The molecule has 0 aliphatic heterocycles. The fourth-order valence-corrected chi connectivity index (χ4v) is 3.02. The van der Waals surface area contributed by atoms with Crippen LogP contribution in [0.15, 0.2) is 60.0 Å². The van der Waals surface area contributed by atoms with Gasteiger partial charge in [0.05, 0.1) is 5.56 Å². The van der Waals surface area contributed by atoms with Crippen LogP contribution in [0.5, 0.6) is 0 Å². The van der Waals surface area contributed by atoms with Gasteiger partial charge in [0.1, 0.15) is 23.1 Å². The van der Waals surface area contributed by atoms with E-state index in [9.17, 15) is 22.0 Å². The Morgan fingerprint density at radius 1 is 1.16 bits per heavy atom. The second kappa shape index (κ2) is 8.00. The molecule has 2 aromatic rings. The first kappa shape index (κ1) is 18.8. The van der Waals surface area contributed by atoms with Crippen LogP contribution in [0.1, 0.15) is 15.9 Å². The van der Waals surface area contributed by atoms with Crippen molar-refractivity contribution >= 4 is 16.0 Å². The van der Waals surface area contributed by atoms with Gasteiger partial charge < -0.3 is 4.74 Å². The van der Waals surface area contributed by atoms with Crippen LogP contribution in [0.3, 0.4) is 0 Å². The van der Waals surface area contributed by atoms with Gasteiger partial charge in [0.2, 0.25) is 10.0 Å². The molecule has 0 saturated heterocycles. The summed E-state index contributed by atoms with van der Waals surface area (Å²) in [5, 5.41) is 0. The highest BCUT2D eigenvalue weighted by molar-refractivity contribution is 7.89. The molecule has 5 nitrogen and oxygen atoms in total. The third-order valence-corrected chi connectivity index (χ3v) is 4.63. The minimum atomic E-state index is -4.15. The molecule has 0 aromatic heterocycles. The average Bonchev–Trinajstić information content (AvgIpc) is 2.59. The van der Waals surface area contributed by atoms with E-state index in [1.54, 1.807) is 6.07 Å². The maximum Gasteiger partial charge on any atom is 0.338 e. The van der Waals surface area contributed by atoms with Gasteiger partial charge in [0.25, 0.3) is 0 Å². The molecule has 25 heavy (non-hydrogen) atoms. The summed E-state index contributed by atoms with van der Waals surface area (Å²) in [6.07, 6.45) is 1.29. The average molecular weight is 367 g/mol. The lowest BCUT2D eigenvalue weighted by molar-refractivity contribution is 0.0468. The van der Waals surface area contributed by atoms with Crippen LogP contribution in [-0.4, -0.2) is 20.9 Å². The van der Waals surface area contributed by atoms with Crippen LogP contribution in [-0.2, 0) is 21.4 Å². The molecule has 2 aromatic carbocycles. The largest absolute Gasteiger partial charge is 0.457 e. The Bertz CT molecular complexity index is 897. The van der Waals surface area contributed by atoms with E-state index in [2.05, 4.69) is 11.3 Å². The minimum absolute atomic E-state index is 0.0935. The molecule has 8 heteroatoms. The van der Waals surface area contributed by atoms with Crippen molar-refractivity contribution < 1.29 is 26.7 Å². The molecule has 0 bridgehead atoms. The standard InChI is InChI=1S/C17H15F2NO4S/c1-2-9-20-25(22,23)16-10-12(7-8-15(16)19)17(21)24-11-13-5-3-4-6-14(13)18/h2-8,10,20H,1,9,11H2. The van der Waals surface area contributed by atoms with E-state index < -0.39 is 32.5 Å². The van der Waals surface area contributed by atoms with Crippen molar-refractivity contribution in [2.75, 3.05) is 6.54 Å². The highest BCUT2D eigenvalue weighted by Crippen LogP contribution is 2.18. The van der Waals surface area contributed by atoms with Gasteiger partial charge in [-0.3, -0.25) is 0 Å². The molecular weight excluding hydrogens is 352 g/mol. The molecule has 0 unspecified atom stereocenters. The molecule has 0 saturated carbocycles. The van der Waals surface area contributed by atoms with Gasteiger partial charge in [-0.15, -0.1) is 6.58 Å². The van der Waals surface area contributed by atoms with E-state index in [1.165, 1.54) is 24.3 Å². The fraction of sp³-hybridized carbons (Fsp3) is 0.118. The van der Waals surface area contributed by atoms with Gasteiger partial charge in [0.15, 0.2) is 0 Å². The summed E-state index contributed by atoms with van der Waals surface area (Å²) in [6.45, 7) is 2.93. The number of sulfonamides is 1. The van der Waals surface area contributed by atoms with Crippen molar-refractivity contribution in [3.05, 3.63) is 77.9 Å². The zero-order valence-electron chi connectivity index (χ0n) is 13.0. The number of carbonyl (C=O) groups excluding carboxylic acids is 1. The first-order valence-electron chi connectivity index (χ1n) is 7.16. The topological polar surface area (TPSA) is 72.5 Å². The zero-order chi connectivity index (χ0) is 18.4. The van der Waals surface area contributed by atoms with Crippen LogP contribution in [0.4, 0.5) is 8.78 Å². The number of benzene rings is 2. The highest BCUT2D eigenvalue weighted by atomic mass is 32.2. The molecule has 2 rings (SSSR count). The van der Waals surface area contributed by atoms with E-state index in [4.69, 9.17) is 4.74 Å². The van der Waals surface area contributed by atoms with Crippen molar-refractivity contribution in [2.24, 2.45) is 0 Å². The zero-order valence-corrected chi connectivity index (χ0v) is 13.9. The fourth-order valence-electron chi connectivity index (χ4n) is 1.92. The summed E-state index contributed by atoms with van der Waals surface area (Å²) in [4.78, 5) is 11.3. The second-order valence-electron chi connectivity index (χ2n) is 4.95. The SMILES string of the molecule is C=CCNS(=O)(=O)c1cc(C(=O)OCc2ccccc2F)ccc1F. The Hall–Kier alpha value is -2.58.